The van der Waals surface area contributed by atoms with Crippen molar-refractivity contribution >= 4 is 39.9 Å². The van der Waals surface area contributed by atoms with E-state index in [1.54, 1.807) is 22.2 Å². The molecule has 8 heteroatoms. The molecule has 1 unspecified atom stereocenters. The van der Waals surface area contributed by atoms with Gasteiger partial charge in [-0.3, -0.25) is 9.59 Å². The molecule has 0 aliphatic heterocycles. The summed E-state index contributed by atoms with van der Waals surface area (Å²) in [4.78, 5) is 31.1. The molecule has 168 valence electrons. The predicted molar refractivity (Wildman–Crippen MR) is 130 cm³/mol. The Morgan fingerprint density at radius 3 is 2.67 bits per heavy atom. The maximum Gasteiger partial charge on any atom is 0.252 e. The van der Waals surface area contributed by atoms with E-state index in [2.05, 4.69) is 15.7 Å². The fraction of sp³-hybridized carbons (Fsp3) is 0.280. The molecule has 3 heterocycles. The molecular weight excluding hydrogens is 434 g/mol. The van der Waals surface area contributed by atoms with Crippen LogP contribution in [-0.4, -0.2) is 26.6 Å². The molecule has 1 aliphatic carbocycles. The molecule has 1 saturated carbocycles. The number of hydrogen-bond acceptors (Lipinski definition) is 5. The zero-order valence-corrected chi connectivity index (χ0v) is 19.4. The summed E-state index contributed by atoms with van der Waals surface area (Å²) in [5.74, 6) is 0.0747. The van der Waals surface area contributed by atoms with E-state index in [0.29, 0.717) is 17.8 Å². The topological polar surface area (TPSA) is 88.9 Å². The van der Waals surface area contributed by atoms with Gasteiger partial charge in [-0.2, -0.15) is 5.10 Å². The van der Waals surface area contributed by atoms with Crippen molar-refractivity contribution in [3.8, 4) is 10.6 Å². The monoisotopic (exact) mass is 459 g/mol. The molecule has 33 heavy (non-hydrogen) atoms. The minimum absolute atomic E-state index is 0.0833. The minimum atomic E-state index is -0.208. The highest BCUT2D eigenvalue weighted by Crippen LogP contribution is 2.31. The molecule has 4 aromatic rings. The Morgan fingerprint density at radius 2 is 2.00 bits per heavy atom. The van der Waals surface area contributed by atoms with Gasteiger partial charge in [0.05, 0.1) is 33.8 Å². The van der Waals surface area contributed by atoms with E-state index in [9.17, 15) is 9.59 Å². The number of nitrogens with one attached hydrogen (secondary N) is 2. The first-order valence-corrected chi connectivity index (χ1v) is 12.0. The number of carbonyl (C=O) groups excluding carboxylic acids is 2. The van der Waals surface area contributed by atoms with Crippen molar-refractivity contribution in [3.63, 3.8) is 0 Å². The molecule has 7 nitrogen and oxygen atoms in total. The minimum Gasteiger partial charge on any atom is -0.345 e. The van der Waals surface area contributed by atoms with Gasteiger partial charge in [0, 0.05) is 18.2 Å². The van der Waals surface area contributed by atoms with Crippen LogP contribution in [0.15, 0.2) is 54.0 Å². The van der Waals surface area contributed by atoms with Gasteiger partial charge in [-0.05, 0) is 61.9 Å². The van der Waals surface area contributed by atoms with Crippen LogP contribution in [0.4, 0.5) is 5.69 Å². The number of fused-ring (bicyclic) bond motifs is 1. The first kappa shape index (κ1) is 21.3. The summed E-state index contributed by atoms with van der Waals surface area (Å²) in [6.45, 7) is 4.62. The number of carbonyl (C=O) groups is 2. The molecule has 1 aliphatic rings. The number of benzene rings is 1. The van der Waals surface area contributed by atoms with Crippen LogP contribution in [0.5, 0.6) is 0 Å². The van der Waals surface area contributed by atoms with Gasteiger partial charge in [0.2, 0.25) is 5.91 Å². The molecule has 1 aromatic carbocycles. The maximum absolute atomic E-state index is 13.3. The smallest absolute Gasteiger partial charge is 0.252 e. The third kappa shape index (κ3) is 4.39. The summed E-state index contributed by atoms with van der Waals surface area (Å²) in [7, 11) is 0. The van der Waals surface area contributed by atoms with Gasteiger partial charge in [0.15, 0.2) is 5.65 Å². The van der Waals surface area contributed by atoms with E-state index in [1.807, 2.05) is 61.7 Å². The van der Waals surface area contributed by atoms with Gasteiger partial charge in [-0.15, -0.1) is 11.3 Å². The average Bonchev–Trinajstić information content (AvgIpc) is 3.37. The largest absolute Gasteiger partial charge is 0.345 e. The predicted octanol–water partition coefficient (Wildman–Crippen LogP) is 5.02. The van der Waals surface area contributed by atoms with E-state index in [4.69, 9.17) is 4.98 Å². The van der Waals surface area contributed by atoms with Crippen molar-refractivity contribution in [2.24, 2.45) is 5.92 Å². The lowest BCUT2D eigenvalue weighted by atomic mass is 10.1. The van der Waals surface area contributed by atoms with Crippen LogP contribution in [0, 0.1) is 5.92 Å². The molecule has 0 spiro atoms. The van der Waals surface area contributed by atoms with Crippen LogP contribution in [0.3, 0.4) is 0 Å². The SMILES string of the molecule is CCn1ncc2c(C(=O)NC(C)c3ccc(NC(=O)C4CC4)cc3)cc(-c3cccs3)nc21. The van der Waals surface area contributed by atoms with Crippen LogP contribution >= 0.6 is 11.3 Å². The highest BCUT2D eigenvalue weighted by Gasteiger charge is 2.29. The van der Waals surface area contributed by atoms with Gasteiger partial charge in [-0.25, -0.2) is 9.67 Å². The summed E-state index contributed by atoms with van der Waals surface area (Å²) < 4.78 is 1.81. The lowest BCUT2D eigenvalue weighted by molar-refractivity contribution is -0.117. The Bertz CT molecular complexity index is 1310. The molecule has 0 saturated heterocycles. The zero-order chi connectivity index (χ0) is 22.9. The fourth-order valence-corrected chi connectivity index (χ4v) is 4.51. The van der Waals surface area contributed by atoms with Gasteiger partial charge < -0.3 is 10.6 Å². The maximum atomic E-state index is 13.3. The van der Waals surface area contributed by atoms with Crippen molar-refractivity contribution in [1.82, 2.24) is 20.1 Å². The lowest BCUT2D eigenvalue weighted by Gasteiger charge is -2.16. The van der Waals surface area contributed by atoms with Gasteiger partial charge in [0.25, 0.3) is 5.91 Å². The Morgan fingerprint density at radius 1 is 1.21 bits per heavy atom. The molecular formula is C25H25N5O2S. The molecule has 1 fully saturated rings. The second-order valence-corrected chi connectivity index (χ2v) is 9.26. The highest BCUT2D eigenvalue weighted by atomic mass is 32.1. The third-order valence-corrected chi connectivity index (χ3v) is 6.79. The van der Waals surface area contributed by atoms with Gasteiger partial charge in [0.1, 0.15) is 0 Å². The molecule has 2 amide bonds. The average molecular weight is 460 g/mol. The van der Waals surface area contributed by atoms with Crippen LogP contribution in [0.2, 0.25) is 0 Å². The van der Waals surface area contributed by atoms with E-state index >= 15 is 0 Å². The van der Waals surface area contributed by atoms with Crippen LogP contribution < -0.4 is 10.6 Å². The van der Waals surface area contributed by atoms with Crippen LogP contribution in [-0.2, 0) is 11.3 Å². The number of hydrogen-bond donors (Lipinski definition) is 2. The first-order chi connectivity index (χ1) is 16.0. The summed E-state index contributed by atoms with van der Waals surface area (Å²) >= 11 is 1.59. The molecule has 3 aromatic heterocycles. The number of anilines is 1. The number of pyridine rings is 1. The zero-order valence-electron chi connectivity index (χ0n) is 18.5. The van der Waals surface area contributed by atoms with Crippen LogP contribution in [0.1, 0.15) is 48.7 Å². The summed E-state index contributed by atoms with van der Waals surface area (Å²) in [5, 5.41) is 13.2. The highest BCUT2D eigenvalue weighted by molar-refractivity contribution is 7.13. The number of nitrogens with zero attached hydrogens (tertiary/aromatic N) is 3. The number of aryl methyl sites for hydroxylation is 1. The molecule has 2 N–H and O–H groups in total. The van der Waals surface area contributed by atoms with Gasteiger partial charge >= 0.3 is 0 Å². The lowest BCUT2D eigenvalue weighted by Crippen LogP contribution is -2.27. The van der Waals surface area contributed by atoms with Gasteiger partial charge in [-0.1, -0.05) is 18.2 Å². The van der Waals surface area contributed by atoms with E-state index < -0.39 is 0 Å². The van der Waals surface area contributed by atoms with Crippen molar-refractivity contribution in [2.45, 2.75) is 39.3 Å². The Kier molecular flexibility index (Phi) is 5.68. The van der Waals surface area contributed by atoms with Crippen molar-refractivity contribution in [1.29, 1.82) is 0 Å². The van der Waals surface area contributed by atoms with Crippen molar-refractivity contribution in [3.05, 3.63) is 65.2 Å². The van der Waals surface area contributed by atoms with E-state index in [0.717, 1.165) is 40.0 Å². The summed E-state index contributed by atoms with van der Waals surface area (Å²) in [5.41, 5.74) is 3.76. The Hall–Kier alpha value is -3.52. The summed E-state index contributed by atoms with van der Waals surface area (Å²) in [6, 6.07) is 13.2. The van der Waals surface area contributed by atoms with Crippen molar-refractivity contribution < 1.29 is 9.59 Å². The second-order valence-electron chi connectivity index (χ2n) is 8.31. The normalized spacial score (nSPS) is 14.2. The number of rotatable bonds is 7. The number of amides is 2. The fourth-order valence-electron chi connectivity index (χ4n) is 3.82. The first-order valence-electron chi connectivity index (χ1n) is 11.2. The Balaban J connectivity index is 1.38. The molecule has 5 rings (SSSR count). The Labute approximate surface area is 195 Å². The summed E-state index contributed by atoms with van der Waals surface area (Å²) in [6.07, 6.45) is 3.65. The molecule has 0 radical (unpaired) electrons. The van der Waals surface area contributed by atoms with E-state index in [1.165, 1.54) is 0 Å². The van der Waals surface area contributed by atoms with Crippen molar-refractivity contribution in [2.75, 3.05) is 5.32 Å². The van der Waals surface area contributed by atoms with E-state index in [-0.39, 0.29) is 23.8 Å². The quantitative estimate of drug-likeness (QED) is 0.406. The molecule has 1 atom stereocenters. The third-order valence-electron chi connectivity index (χ3n) is 5.90. The standard InChI is InChI=1S/C25H25N5O2S/c1-3-30-23-20(14-26-30)19(13-21(29-23)22-5-4-12-33-22)25(32)27-15(2)16-8-10-18(11-9-16)28-24(31)17-6-7-17/h4-5,8-15,17H,3,6-7H2,1-2H3,(H,27,32)(H,28,31). The number of thiophene rings is 1. The second kappa shape index (κ2) is 8.78. The molecule has 0 bridgehead atoms. The van der Waals surface area contributed by atoms with Crippen LogP contribution in [0.25, 0.3) is 21.6 Å². The number of aromatic nitrogens is 3.